The Morgan fingerprint density at radius 2 is 1.55 bits per heavy atom. The highest BCUT2D eigenvalue weighted by atomic mass is 16.2. The van der Waals surface area contributed by atoms with E-state index in [0.717, 1.165) is 17.6 Å². The topological polar surface area (TPSA) is 20.3 Å². The fraction of sp³-hybridized carbons (Fsp3) is 0.207. The van der Waals surface area contributed by atoms with Crippen LogP contribution in [0.4, 0.5) is 0 Å². The van der Waals surface area contributed by atoms with Crippen molar-refractivity contribution in [1.29, 1.82) is 0 Å². The van der Waals surface area contributed by atoms with Crippen LogP contribution in [0.1, 0.15) is 34.6 Å². The third kappa shape index (κ3) is 2.82. The molecule has 2 nitrogen and oxygen atoms in total. The average Bonchev–Trinajstić information content (AvgIpc) is 3.36. The molecule has 0 spiro atoms. The molecule has 1 aliphatic heterocycles. The monoisotopic (exact) mass is 403 g/mol. The summed E-state index contributed by atoms with van der Waals surface area (Å²) in [6, 6.07) is 29.7. The number of likely N-dealkylation sites (tertiary alicyclic amines) is 1. The fourth-order valence-electron chi connectivity index (χ4n) is 6.09. The minimum atomic E-state index is 0.0622. The van der Waals surface area contributed by atoms with Gasteiger partial charge in [-0.3, -0.25) is 4.79 Å². The smallest absolute Gasteiger partial charge is 0.226 e. The Bertz CT molecular complexity index is 1190. The molecule has 3 aromatic carbocycles. The van der Waals surface area contributed by atoms with Crippen LogP contribution in [0.15, 0.2) is 97.1 Å². The van der Waals surface area contributed by atoms with Gasteiger partial charge in [0, 0.05) is 30.3 Å². The van der Waals surface area contributed by atoms with Gasteiger partial charge < -0.3 is 4.90 Å². The predicted octanol–water partition coefficient (Wildman–Crippen LogP) is 5.93. The lowest BCUT2D eigenvalue weighted by Crippen LogP contribution is -2.46. The first-order valence-corrected chi connectivity index (χ1v) is 11.1. The number of allylic oxidation sites excluding steroid dienone is 1. The van der Waals surface area contributed by atoms with Gasteiger partial charge in [0.15, 0.2) is 0 Å². The first-order valence-electron chi connectivity index (χ1n) is 11.1. The molecule has 1 amide bonds. The number of piperidine rings is 1. The number of nitrogens with zero attached hydrogens (tertiary/aromatic N) is 1. The highest BCUT2D eigenvalue weighted by molar-refractivity contribution is 5.91. The zero-order valence-corrected chi connectivity index (χ0v) is 17.4. The molecule has 6 rings (SSSR count). The molecule has 0 N–H and O–H groups in total. The number of fused-ring (bicyclic) bond motifs is 7. The minimum Gasteiger partial charge on any atom is -0.334 e. The summed E-state index contributed by atoms with van der Waals surface area (Å²) in [6.45, 7) is 5.21. The molecule has 3 aliphatic rings. The maximum Gasteiger partial charge on any atom is 0.226 e. The average molecular weight is 404 g/mol. The molecule has 0 radical (unpaired) electrons. The van der Waals surface area contributed by atoms with Gasteiger partial charge in [-0.05, 0) is 39.8 Å². The molecule has 31 heavy (non-hydrogen) atoms. The van der Waals surface area contributed by atoms with Crippen molar-refractivity contribution in [1.82, 2.24) is 4.90 Å². The van der Waals surface area contributed by atoms with E-state index < -0.39 is 0 Å². The fourth-order valence-corrected chi connectivity index (χ4v) is 6.09. The second kappa shape index (κ2) is 7.09. The van der Waals surface area contributed by atoms with Gasteiger partial charge in [-0.1, -0.05) is 97.6 Å². The maximum absolute atomic E-state index is 13.5. The van der Waals surface area contributed by atoms with E-state index in [1.807, 2.05) is 12.1 Å². The molecule has 152 valence electrons. The van der Waals surface area contributed by atoms with Crippen molar-refractivity contribution in [3.05, 3.63) is 119 Å². The molecule has 0 aromatic heterocycles. The lowest BCUT2D eigenvalue weighted by atomic mass is 9.68. The SMILES string of the molecule is C=C(C1=Cc2ccccc2[C@H]2[C@@H]1[C@H]1C[C@@H]2C(=O)N1Cc1ccccc1)c1ccccc1. The van der Waals surface area contributed by atoms with Crippen LogP contribution in [0.25, 0.3) is 11.6 Å². The van der Waals surface area contributed by atoms with Crippen LogP contribution in [0.5, 0.6) is 0 Å². The molecule has 1 saturated heterocycles. The number of carbonyl (C=O) groups is 1. The van der Waals surface area contributed by atoms with E-state index in [1.165, 1.54) is 22.3 Å². The van der Waals surface area contributed by atoms with Gasteiger partial charge in [0.05, 0.1) is 0 Å². The van der Waals surface area contributed by atoms with Crippen LogP contribution in [-0.4, -0.2) is 16.8 Å². The number of rotatable bonds is 4. The van der Waals surface area contributed by atoms with Crippen LogP contribution in [0, 0.1) is 11.8 Å². The summed E-state index contributed by atoms with van der Waals surface area (Å²) in [5.74, 6) is 0.929. The summed E-state index contributed by atoms with van der Waals surface area (Å²) in [6.07, 6.45) is 3.27. The summed E-state index contributed by atoms with van der Waals surface area (Å²) in [4.78, 5) is 15.6. The van der Waals surface area contributed by atoms with E-state index in [2.05, 4.69) is 90.4 Å². The van der Waals surface area contributed by atoms with Crippen molar-refractivity contribution in [2.45, 2.75) is 24.9 Å². The highest BCUT2D eigenvalue weighted by Crippen LogP contribution is 2.59. The Morgan fingerprint density at radius 3 is 2.32 bits per heavy atom. The molecule has 3 aromatic rings. The Kier molecular flexibility index (Phi) is 4.21. The second-order valence-electron chi connectivity index (χ2n) is 8.99. The number of benzene rings is 3. The van der Waals surface area contributed by atoms with Gasteiger partial charge >= 0.3 is 0 Å². The van der Waals surface area contributed by atoms with Gasteiger partial charge in [0.2, 0.25) is 5.91 Å². The molecule has 2 bridgehead atoms. The number of amides is 1. The first kappa shape index (κ1) is 18.4. The normalized spacial score (nSPS) is 25.7. The molecule has 1 saturated carbocycles. The van der Waals surface area contributed by atoms with Crippen molar-refractivity contribution in [3.8, 4) is 0 Å². The molecule has 2 heteroatoms. The summed E-state index contributed by atoms with van der Waals surface area (Å²) in [5, 5.41) is 0. The van der Waals surface area contributed by atoms with Gasteiger partial charge in [-0.2, -0.15) is 0 Å². The number of hydrogen-bond donors (Lipinski definition) is 0. The third-order valence-electron chi connectivity index (χ3n) is 7.42. The molecule has 4 atom stereocenters. The molecular formula is C29H25NO. The number of hydrogen-bond acceptors (Lipinski definition) is 1. The van der Waals surface area contributed by atoms with Crippen molar-refractivity contribution < 1.29 is 4.79 Å². The van der Waals surface area contributed by atoms with E-state index in [-0.39, 0.29) is 17.9 Å². The quantitative estimate of drug-likeness (QED) is 0.529. The van der Waals surface area contributed by atoms with Crippen molar-refractivity contribution in [2.75, 3.05) is 0 Å². The minimum absolute atomic E-state index is 0.0622. The second-order valence-corrected chi connectivity index (χ2v) is 8.99. The van der Waals surface area contributed by atoms with Crippen LogP contribution >= 0.6 is 0 Å². The molecule has 2 fully saturated rings. The summed E-state index contributed by atoms with van der Waals surface area (Å²) in [7, 11) is 0. The highest BCUT2D eigenvalue weighted by Gasteiger charge is 2.59. The zero-order chi connectivity index (χ0) is 20.9. The number of carbonyl (C=O) groups excluding carboxylic acids is 1. The zero-order valence-electron chi connectivity index (χ0n) is 17.4. The maximum atomic E-state index is 13.5. The van der Waals surface area contributed by atoms with Gasteiger partial charge in [-0.15, -0.1) is 0 Å². The molecule has 0 unspecified atom stereocenters. The Hall–Kier alpha value is -3.39. The van der Waals surface area contributed by atoms with E-state index in [4.69, 9.17) is 0 Å². The van der Waals surface area contributed by atoms with E-state index in [0.29, 0.717) is 18.4 Å². The summed E-state index contributed by atoms with van der Waals surface area (Å²) < 4.78 is 0. The van der Waals surface area contributed by atoms with Crippen LogP contribution in [0.3, 0.4) is 0 Å². The summed E-state index contributed by atoms with van der Waals surface area (Å²) in [5.41, 5.74) is 7.32. The van der Waals surface area contributed by atoms with Crippen molar-refractivity contribution in [3.63, 3.8) is 0 Å². The summed E-state index contributed by atoms with van der Waals surface area (Å²) >= 11 is 0. The molecule has 1 heterocycles. The Labute approximate surface area is 183 Å². The standard InChI is InChI=1S/C29H25NO/c1-19(21-12-6-3-7-13-21)24-16-22-14-8-9-15-23(22)27-25-17-26(28(24)27)30(29(25)31)18-20-10-4-2-5-11-20/h2-16,25-28H,1,17-18H2/t25-,26+,27+,28-/m0/s1. The van der Waals surface area contributed by atoms with E-state index >= 15 is 0 Å². The van der Waals surface area contributed by atoms with Crippen LogP contribution in [-0.2, 0) is 11.3 Å². The largest absolute Gasteiger partial charge is 0.334 e. The van der Waals surface area contributed by atoms with Crippen molar-refractivity contribution >= 4 is 17.6 Å². The predicted molar refractivity (Wildman–Crippen MR) is 125 cm³/mol. The van der Waals surface area contributed by atoms with Gasteiger partial charge in [-0.25, -0.2) is 0 Å². The third-order valence-corrected chi connectivity index (χ3v) is 7.42. The van der Waals surface area contributed by atoms with Gasteiger partial charge in [0.1, 0.15) is 0 Å². The van der Waals surface area contributed by atoms with Gasteiger partial charge in [0.25, 0.3) is 0 Å². The Morgan fingerprint density at radius 1 is 0.871 bits per heavy atom. The van der Waals surface area contributed by atoms with E-state index in [9.17, 15) is 4.79 Å². The van der Waals surface area contributed by atoms with Crippen LogP contribution in [0.2, 0.25) is 0 Å². The lowest BCUT2D eigenvalue weighted by Gasteiger charge is -2.42. The lowest BCUT2D eigenvalue weighted by molar-refractivity contribution is -0.136. The van der Waals surface area contributed by atoms with E-state index in [1.54, 1.807) is 0 Å². The van der Waals surface area contributed by atoms with Crippen molar-refractivity contribution in [2.24, 2.45) is 11.8 Å². The molecule has 2 aliphatic carbocycles. The van der Waals surface area contributed by atoms with Crippen LogP contribution < -0.4 is 0 Å². The first-order chi connectivity index (χ1) is 15.2. The molecular weight excluding hydrogens is 378 g/mol. The Balaban J connectivity index is 1.43.